The maximum atomic E-state index is 12.8. The van der Waals surface area contributed by atoms with Gasteiger partial charge in [-0.1, -0.05) is 6.07 Å². The summed E-state index contributed by atoms with van der Waals surface area (Å²) in [6, 6.07) is 3.69. The summed E-state index contributed by atoms with van der Waals surface area (Å²) in [5.74, 6) is -1.26. The van der Waals surface area contributed by atoms with E-state index in [0.717, 1.165) is 5.56 Å². The molecule has 0 saturated carbocycles. The summed E-state index contributed by atoms with van der Waals surface area (Å²) in [5.41, 5.74) is 6.75. The number of aliphatic carboxylic acids is 1. The van der Waals surface area contributed by atoms with Gasteiger partial charge in [0, 0.05) is 44.5 Å². The van der Waals surface area contributed by atoms with Crippen LogP contribution in [-0.2, 0) is 20.9 Å². The molecule has 0 aromatic carbocycles. The van der Waals surface area contributed by atoms with Crippen molar-refractivity contribution in [3.05, 3.63) is 23.9 Å². The zero-order valence-corrected chi connectivity index (χ0v) is 14.1. The van der Waals surface area contributed by atoms with Gasteiger partial charge in [-0.25, -0.2) is 4.98 Å². The van der Waals surface area contributed by atoms with Crippen molar-refractivity contribution >= 4 is 17.7 Å². The molecule has 0 unspecified atom stereocenters. The Bertz CT molecular complexity index is 633. The van der Waals surface area contributed by atoms with E-state index in [-0.39, 0.29) is 11.8 Å². The monoisotopic (exact) mass is 348 g/mol. The van der Waals surface area contributed by atoms with E-state index in [2.05, 4.69) is 4.98 Å². The molecule has 2 aliphatic rings. The molecular weight excluding hydrogens is 324 g/mol. The average molecular weight is 348 g/mol. The summed E-state index contributed by atoms with van der Waals surface area (Å²) in [4.78, 5) is 32.2. The fraction of sp³-hybridized carbons (Fsp3) is 0.588. The third-order valence-corrected chi connectivity index (χ3v) is 4.87. The lowest BCUT2D eigenvalue weighted by atomic mass is 9.87. The second kappa shape index (κ2) is 7.79. The number of likely N-dealkylation sites (tertiary alicyclic amines) is 1. The molecule has 1 aromatic rings. The number of pyridine rings is 1. The fourth-order valence-corrected chi connectivity index (χ4v) is 3.54. The van der Waals surface area contributed by atoms with E-state index in [4.69, 9.17) is 10.5 Å². The minimum Gasteiger partial charge on any atom is -0.481 e. The van der Waals surface area contributed by atoms with Crippen molar-refractivity contribution in [1.29, 1.82) is 0 Å². The highest BCUT2D eigenvalue weighted by molar-refractivity contribution is 5.80. The van der Waals surface area contributed by atoms with Gasteiger partial charge in [0.1, 0.15) is 5.82 Å². The van der Waals surface area contributed by atoms with Crippen LogP contribution in [0.2, 0.25) is 0 Å². The Balaban J connectivity index is 1.71. The average Bonchev–Trinajstić information content (AvgIpc) is 2.63. The largest absolute Gasteiger partial charge is 0.481 e. The second-order valence-electron chi connectivity index (χ2n) is 6.65. The molecule has 0 radical (unpaired) electrons. The van der Waals surface area contributed by atoms with Crippen molar-refractivity contribution < 1.29 is 19.4 Å². The maximum Gasteiger partial charge on any atom is 0.307 e. The molecule has 136 valence electrons. The molecule has 0 spiro atoms. The molecule has 1 aromatic heterocycles. The molecule has 8 heteroatoms. The zero-order valence-electron chi connectivity index (χ0n) is 14.1. The predicted octanol–water partition coefficient (Wildman–Crippen LogP) is 0.0453. The summed E-state index contributed by atoms with van der Waals surface area (Å²) in [5, 5.41) is 9.48. The number of anilines is 1. The van der Waals surface area contributed by atoms with E-state index in [1.807, 2.05) is 11.0 Å². The highest BCUT2D eigenvalue weighted by atomic mass is 16.5. The van der Waals surface area contributed by atoms with Gasteiger partial charge < -0.3 is 20.5 Å². The first-order valence-electron chi connectivity index (χ1n) is 8.55. The third-order valence-electron chi connectivity index (χ3n) is 4.87. The standard InChI is InChI=1S/C17H24N4O4/c18-15-12(2-1-3-19-15)9-20-10-13(8-14(11-20)17(23)24)16(22)21-4-6-25-7-5-21/h1-3,13-14H,4-11H2,(H2,18,19)(H,23,24)/t13-,14-/m0/s1. The lowest BCUT2D eigenvalue weighted by molar-refractivity contribution is -0.149. The Hall–Kier alpha value is -2.19. The molecule has 3 N–H and O–H groups in total. The summed E-state index contributed by atoms with van der Waals surface area (Å²) in [6.07, 6.45) is 2.00. The second-order valence-corrected chi connectivity index (χ2v) is 6.65. The van der Waals surface area contributed by atoms with E-state index in [1.54, 1.807) is 17.2 Å². The molecule has 0 aliphatic carbocycles. The smallest absolute Gasteiger partial charge is 0.307 e. The van der Waals surface area contributed by atoms with Crippen LogP contribution in [-0.4, -0.2) is 71.2 Å². The highest BCUT2D eigenvalue weighted by Gasteiger charge is 2.37. The van der Waals surface area contributed by atoms with Crippen LogP contribution < -0.4 is 5.73 Å². The van der Waals surface area contributed by atoms with Crippen LogP contribution in [0.5, 0.6) is 0 Å². The van der Waals surface area contributed by atoms with E-state index in [0.29, 0.717) is 58.2 Å². The van der Waals surface area contributed by atoms with Gasteiger partial charge in [-0.05, 0) is 12.5 Å². The Morgan fingerprint density at radius 3 is 2.68 bits per heavy atom. The molecule has 2 atom stereocenters. The van der Waals surface area contributed by atoms with Crippen LogP contribution in [0.4, 0.5) is 5.82 Å². The normalized spacial score (nSPS) is 24.9. The SMILES string of the molecule is Nc1ncccc1CN1C[C@@H](C(=O)O)C[C@H](C(=O)N2CCOCC2)C1. The lowest BCUT2D eigenvalue weighted by Crippen LogP contribution is -2.51. The van der Waals surface area contributed by atoms with Gasteiger partial charge in [-0.15, -0.1) is 0 Å². The first-order valence-corrected chi connectivity index (χ1v) is 8.55. The van der Waals surface area contributed by atoms with Crippen LogP contribution in [0.1, 0.15) is 12.0 Å². The van der Waals surface area contributed by atoms with Crippen molar-refractivity contribution in [2.24, 2.45) is 11.8 Å². The number of nitrogens with two attached hydrogens (primary N) is 1. The minimum absolute atomic E-state index is 0.0263. The van der Waals surface area contributed by atoms with Crippen molar-refractivity contribution in [2.45, 2.75) is 13.0 Å². The molecule has 25 heavy (non-hydrogen) atoms. The van der Waals surface area contributed by atoms with E-state index in [9.17, 15) is 14.7 Å². The number of morpholine rings is 1. The first kappa shape index (κ1) is 17.6. The van der Waals surface area contributed by atoms with Crippen molar-refractivity contribution in [2.75, 3.05) is 45.1 Å². The number of aromatic nitrogens is 1. The van der Waals surface area contributed by atoms with E-state index < -0.39 is 11.9 Å². The summed E-state index contributed by atoms with van der Waals surface area (Å²) in [7, 11) is 0. The number of nitrogen functional groups attached to an aromatic ring is 1. The number of carbonyl (C=O) groups excluding carboxylic acids is 1. The van der Waals surface area contributed by atoms with Crippen LogP contribution in [0.3, 0.4) is 0 Å². The summed E-state index contributed by atoms with van der Waals surface area (Å²) < 4.78 is 5.29. The molecule has 2 saturated heterocycles. The lowest BCUT2D eigenvalue weighted by Gasteiger charge is -2.38. The van der Waals surface area contributed by atoms with E-state index >= 15 is 0 Å². The van der Waals surface area contributed by atoms with Gasteiger partial charge >= 0.3 is 5.97 Å². The molecule has 2 fully saturated rings. The number of amides is 1. The Morgan fingerprint density at radius 2 is 2.00 bits per heavy atom. The first-order chi connectivity index (χ1) is 12.0. The molecule has 8 nitrogen and oxygen atoms in total. The molecule has 1 amide bonds. The van der Waals surface area contributed by atoms with Crippen LogP contribution in [0.15, 0.2) is 18.3 Å². The minimum atomic E-state index is -0.858. The molecular formula is C17H24N4O4. The molecule has 3 heterocycles. The fourth-order valence-electron chi connectivity index (χ4n) is 3.54. The van der Waals surface area contributed by atoms with Gasteiger partial charge in [-0.2, -0.15) is 0 Å². The third kappa shape index (κ3) is 4.26. The summed E-state index contributed by atoms with van der Waals surface area (Å²) in [6.45, 7) is 3.67. The van der Waals surface area contributed by atoms with Crippen LogP contribution in [0.25, 0.3) is 0 Å². The molecule has 2 aliphatic heterocycles. The number of rotatable bonds is 4. The predicted molar refractivity (Wildman–Crippen MR) is 90.6 cm³/mol. The van der Waals surface area contributed by atoms with Gasteiger partial charge in [0.05, 0.1) is 25.0 Å². The number of hydrogen-bond donors (Lipinski definition) is 2. The number of piperidine rings is 1. The van der Waals surface area contributed by atoms with Gasteiger partial charge in [-0.3, -0.25) is 14.5 Å². The Morgan fingerprint density at radius 1 is 1.28 bits per heavy atom. The number of ether oxygens (including phenoxy) is 1. The molecule has 0 bridgehead atoms. The van der Waals surface area contributed by atoms with Crippen LogP contribution in [0, 0.1) is 11.8 Å². The Kier molecular flexibility index (Phi) is 5.50. The zero-order chi connectivity index (χ0) is 17.8. The summed E-state index contributed by atoms with van der Waals surface area (Å²) >= 11 is 0. The van der Waals surface area contributed by atoms with Gasteiger partial charge in [0.15, 0.2) is 0 Å². The number of carboxylic acid groups (broad SMARTS) is 1. The number of nitrogens with zero attached hydrogens (tertiary/aromatic N) is 3. The number of carboxylic acids is 1. The molecule has 3 rings (SSSR count). The number of carbonyl (C=O) groups is 2. The topological polar surface area (TPSA) is 109 Å². The van der Waals surface area contributed by atoms with Gasteiger partial charge in [0.25, 0.3) is 0 Å². The van der Waals surface area contributed by atoms with Crippen molar-refractivity contribution in [3.63, 3.8) is 0 Å². The van der Waals surface area contributed by atoms with E-state index in [1.165, 1.54) is 0 Å². The Labute approximate surface area is 146 Å². The van der Waals surface area contributed by atoms with Gasteiger partial charge in [0.2, 0.25) is 5.91 Å². The highest BCUT2D eigenvalue weighted by Crippen LogP contribution is 2.26. The maximum absolute atomic E-state index is 12.8. The van der Waals surface area contributed by atoms with Crippen molar-refractivity contribution in [1.82, 2.24) is 14.8 Å². The number of hydrogen-bond acceptors (Lipinski definition) is 6. The van der Waals surface area contributed by atoms with Crippen molar-refractivity contribution in [3.8, 4) is 0 Å². The van der Waals surface area contributed by atoms with Crippen LogP contribution >= 0.6 is 0 Å². The quantitative estimate of drug-likeness (QED) is 0.791.